The van der Waals surface area contributed by atoms with E-state index in [9.17, 15) is 9.59 Å². The van der Waals surface area contributed by atoms with Gasteiger partial charge in [0.2, 0.25) is 11.8 Å². The molecule has 11 heteroatoms. The maximum Gasteiger partial charge on any atom is 0.290 e. The largest absolute Gasteiger partial charge is 0.494 e. The number of benzene rings is 1. The lowest BCUT2D eigenvalue weighted by molar-refractivity contribution is -0.126. The van der Waals surface area contributed by atoms with E-state index in [4.69, 9.17) is 14.6 Å². The first-order chi connectivity index (χ1) is 15.0. The second kappa shape index (κ2) is 10.8. The van der Waals surface area contributed by atoms with Gasteiger partial charge in [0.15, 0.2) is 5.13 Å². The Morgan fingerprint density at radius 1 is 1.45 bits per heavy atom. The van der Waals surface area contributed by atoms with Gasteiger partial charge in [-0.1, -0.05) is 11.3 Å². The van der Waals surface area contributed by atoms with E-state index >= 15 is 0 Å². The third-order valence-corrected chi connectivity index (χ3v) is 6.39. The molecule has 1 fully saturated rings. The summed E-state index contributed by atoms with van der Waals surface area (Å²) in [5, 5.41) is 13.3. The smallest absolute Gasteiger partial charge is 0.290 e. The Kier molecular flexibility index (Phi) is 7.90. The van der Waals surface area contributed by atoms with E-state index in [1.807, 2.05) is 30.5 Å². The number of thiazole rings is 2. The van der Waals surface area contributed by atoms with Crippen LogP contribution in [-0.4, -0.2) is 53.1 Å². The van der Waals surface area contributed by atoms with Crippen molar-refractivity contribution in [2.45, 2.75) is 19.8 Å². The van der Waals surface area contributed by atoms with Crippen LogP contribution >= 0.6 is 22.7 Å². The molecule has 2 amide bonds. The molecule has 9 nitrogen and oxygen atoms in total. The number of hydrogen-bond donors (Lipinski definition) is 2. The van der Waals surface area contributed by atoms with Crippen LogP contribution in [0.2, 0.25) is 0 Å². The van der Waals surface area contributed by atoms with E-state index in [1.54, 1.807) is 22.4 Å². The Morgan fingerprint density at radius 3 is 2.97 bits per heavy atom. The molecule has 0 spiro atoms. The zero-order valence-electron chi connectivity index (χ0n) is 16.8. The van der Waals surface area contributed by atoms with Crippen molar-refractivity contribution in [1.29, 1.82) is 0 Å². The molecule has 0 saturated carbocycles. The van der Waals surface area contributed by atoms with Crippen LogP contribution in [0.25, 0.3) is 10.2 Å². The van der Waals surface area contributed by atoms with Crippen molar-refractivity contribution in [1.82, 2.24) is 15.3 Å². The maximum atomic E-state index is 12.5. The molecule has 0 radical (unpaired) electrons. The molecule has 4 rings (SSSR count). The summed E-state index contributed by atoms with van der Waals surface area (Å²) in [6.07, 6.45) is 2.67. The van der Waals surface area contributed by atoms with Gasteiger partial charge in [0, 0.05) is 37.5 Å². The summed E-state index contributed by atoms with van der Waals surface area (Å²) >= 11 is 3.01. The van der Waals surface area contributed by atoms with Crippen molar-refractivity contribution >= 4 is 56.3 Å². The summed E-state index contributed by atoms with van der Waals surface area (Å²) in [6.45, 7) is 3.17. The van der Waals surface area contributed by atoms with Crippen LogP contribution in [-0.2, 0) is 20.8 Å². The van der Waals surface area contributed by atoms with Gasteiger partial charge in [-0.25, -0.2) is 9.97 Å². The highest BCUT2D eigenvalue weighted by molar-refractivity contribution is 7.22. The molecule has 3 aromatic rings. The van der Waals surface area contributed by atoms with Gasteiger partial charge in [-0.15, -0.1) is 11.3 Å². The van der Waals surface area contributed by atoms with Crippen LogP contribution in [0.3, 0.4) is 0 Å². The maximum absolute atomic E-state index is 12.5. The van der Waals surface area contributed by atoms with E-state index in [0.717, 1.165) is 21.0 Å². The number of nitrogens with one attached hydrogen (secondary N) is 1. The number of carboxylic acid groups (broad SMARTS) is 1. The molecule has 1 aliphatic rings. The van der Waals surface area contributed by atoms with Crippen LogP contribution in [0.4, 0.5) is 5.13 Å². The highest BCUT2D eigenvalue weighted by Gasteiger charge is 2.36. The topological polar surface area (TPSA) is 122 Å². The predicted octanol–water partition coefficient (Wildman–Crippen LogP) is 2.56. The van der Waals surface area contributed by atoms with Crippen LogP contribution in [0.1, 0.15) is 18.4 Å². The summed E-state index contributed by atoms with van der Waals surface area (Å²) in [6, 6.07) is 5.70. The Balaban J connectivity index is 0.000000858. The minimum atomic E-state index is -0.352. The summed E-state index contributed by atoms with van der Waals surface area (Å²) in [5.74, 6) is 0.279. The number of rotatable bonds is 7. The number of ether oxygens (including phenoxy) is 1. The second-order valence-corrected chi connectivity index (χ2v) is 8.52. The quantitative estimate of drug-likeness (QED) is 0.518. The highest BCUT2D eigenvalue weighted by atomic mass is 32.1. The third kappa shape index (κ3) is 5.76. The molecule has 2 aromatic heterocycles. The minimum Gasteiger partial charge on any atom is -0.494 e. The fraction of sp³-hybridized carbons (Fsp3) is 0.350. The van der Waals surface area contributed by atoms with Crippen molar-refractivity contribution in [3.63, 3.8) is 0 Å². The molecule has 1 saturated heterocycles. The molecule has 2 N–H and O–H groups in total. The average Bonchev–Trinajstić information content (AvgIpc) is 3.48. The molecule has 0 aliphatic carbocycles. The molecule has 164 valence electrons. The lowest BCUT2D eigenvalue weighted by Crippen LogP contribution is -2.34. The first-order valence-electron chi connectivity index (χ1n) is 9.63. The van der Waals surface area contributed by atoms with Gasteiger partial charge in [-0.05, 0) is 25.1 Å². The standard InChI is InChI=1S/C19H20N4O3S2.CH2O2/c1-2-26-13-3-4-14-15(10-13)28-19(22-14)23-11-12(9-17(23)24)18(25)21-6-5-16-20-7-8-27-16;2-1-3/h3-4,7-8,10,12H,2,5-6,9,11H2,1H3,(H,21,25);1H,(H,2,3). The molecule has 31 heavy (non-hydrogen) atoms. The predicted molar refractivity (Wildman–Crippen MR) is 119 cm³/mol. The van der Waals surface area contributed by atoms with Crippen LogP contribution in [0.15, 0.2) is 29.8 Å². The Morgan fingerprint density at radius 2 is 2.26 bits per heavy atom. The van der Waals surface area contributed by atoms with E-state index < -0.39 is 0 Å². The van der Waals surface area contributed by atoms with Gasteiger partial charge in [0.25, 0.3) is 6.47 Å². The first-order valence-corrected chi connectivity index (χ1v) is 11.3. The number of carbonyl (C=O) groups excluding carboxylic acids is 2. The van der Waals surface area contributed by atoms with E-state index in [-0.39, 0.29) is 30.6 Å². The fourth-order valence-corrected chi connectivity index (χ4v) is 4.79. The van der Waals surface area contributed by atoms with Crippen molar-refractivity contribution in [2.24, 2.45) is 5.92 Å². The number of amides is 2. The van der Waals surface area contributed by atoms with E-state index in [1.165, 1.54) is 11.3 Å². The number of hydrogen-bond acceptors (Lipinski definition) is 8. The number of nitrogens with zero attached hydrogens (tertiary/aromatic N) is 3. The molecule has 0 bridgehead atoms. The molecule has 1 unspecified atom stereocenters. The van der Waals surface area contributed by atoms with Crippen LogP contribution in [0, 0.1) is 5.92 Å². The normalized spacial score (nSPS) is 15.5. The van der Waals surface area contributed by atoms with Gasteiger partial charge in [-0.3, -0.25) is 19.3 Å². The summed E-state index contributed by atoms with van der Waals surface area (Å²) in [4.78, 5) is 43.7. The Hall–Kier alpha value is -3.05. The molecule has 1 aromatic carbocycles. The lowest BCUT2D eigenvalue weighted by atomic mass is 10.1. The number of carbonyl (C=O) groups is 3. The zero-order chi connectivity index (χ0) is 22.2. The number of aromatic nitrogens is 2. The fourth-order valence-electron chi connectivity index (χ4n) is 3.15. The van der Waals surface area contributed by atoms with Crippen molar-refractivity contribution in [3.05, 3.63) is 34.8 Å². The van der Waals surface area contributed by atoms with Crippen molar-refractivity contribution in [3.8, 4) is 5.75 Å². The summed E-state index contributed by atoms with van der Waals surface area (Å²) < 4.78 is 6.49. The number of fused-ring (bicyclic) bond motifs is 1. The van der Waals surface area contributed by atoms with Crippen LogP contribution < -0.4 is 15.0 Å². The Labute approximate surface area is 186 Å². The zero-order valence-corrected chi connectivity index (χ0v) is 18.4. The SMILES string of the molecule is CCOc1ccc2nc(N3CC(C(=O)NCCc4nccs4)CC3=O)sc2c1.O=CO. The molecule has 3 heterocycles. The van der Waals surface area contributed by atoms with Gasteiger partial charge in [0.1, 0.15) is 5.75 Å². The van der Waals surface area contributed by atoms with Crippen molar-refractivity contribution in [2.75, 3.05) is 24.6 Å². The molecule has 1 aliphatic heterocycles. The monoisotopic (exact) mass is 462 g/mol. The van der Waals surface area contributed by atoms with Gasteiger partial charge in [-0.2, -0.15) is 0 Å². The van der Waals surface area contributed by atoms with Gasteiger partial charge in [0.05, 0.1) is 27.7 Å². The minimum absolute atomic E-state index is 0.0656. The first kappa shape index (κ1) is 22.6. The lowest BCUT2D eigenvalue weighted by Gasteiger charge is -2.13. The summed E-state index contributed by atoms with van der Waals surface area (Å²) in [5.41, 5.74) is 0.826. The third-order valence-electron chi connectivity index (χ3n) is 4.51. The second-order valence-electron chi connectivity index (χ2n) is 6.54. The van der Waals surface area contributed by atoms with E-state index in [2.05, 4.69) is 15.3 Å². The number of anilines is 1. The molecular weight excluding hydrogens is 440 g/mol. The molecule has 1 atom stereocenters. The molecular formula is C20H22N4O5S2. The summed E-state index contributed by atoms with van der Waals surface area (Å²) in [7, 11) is 0. The average molecular weight is 463 g/mol. The van der Waals surface area contributed by atoms with Crippen LogP contribution in [0.5, 0.6) is 5.75 Å². The van der Waals surface area contributed by atoms with Gasteiger partial charge >= 0.3 is 0 Å². The van der Waals surface area contributed by atoms with E-state index in [0.29, 0.717) is 31.2 Å². The highest BCUT2D eigenvalue weighted by Crippen LogP contribution is 2.34. The van der Waals surface area contributed by atoms with Gasteiger partial charge < -0.3 is 15.2 Å². The Bertz CT molecular complexity index is 1040. The van der Waals surface area contributed by atoms with Crippen molar-refractivity contribution < 1.29 is 24.2 Å².